The molecule has 1 heterocycles. The van der Waals surface area contributed by atoms with E-state index in [-0.39, 0.29) is 31.8 Å². The van der Waals surface area contributed by atoms with Crippen LogP contribution in [0.25, 0.3) is 0 Å². The molecule has 1 saturated heterocycles. The van der Waals surface area contributed by atoms with Gasteiger partial charge in [-0.05, 0) is 55.9 Å². The molecule has 1 N–H and O–H groups in total. The molecule has 3 nitrogen and oxygen atoms in total. The van der Waals surface area contributed by atoms with Gasteiger partial charge in [0.1, 0.15) is 0 Å². The number of aliphatic hydroxyl groups excluding tert-OH is 1. The lowest BCUT2D eigenvalue weighted by atomic mass is 9.90. The Kier molecular flexibility index (Phi) is 5.26. The number of carbonyl (C=O) groups is 1. The summed E-state index contributed by atoms with van der Waals surface area (Å²) < 4.78 is 37.6. The number of halogens is 4. The molecule has 0 saturated carbocycles. The van der Waals surface area contributed by atoms with E-state index < -0.39 is 18.2 Å². The van der Waals surface area contributed by atoms with Gasteiger partial charge in [-0.3, -0.25) is 4.79 Å². The van der Waals surface area contributed by atoms with Crippen molar-refractivity contribution in [3.8, 4) is 0 Å². The van der Waals surface area contributed by atoms with E-state index in [0.717, 1.165) is 11.1 Å². The molecule has 1 unspecified atom stereocenters. The van der Waals surface area contributed by atoms with Gasteiger partial charge in [0.15, 0.2) is 6.10 Å². The Bertz CT molecular complexity index is 596. The predicted octanol–water partition coefficient (Wildman–Crippen LogP) is 3.73. The first kappa shape index (κ1) is 18.1. The van der Waals surface area contributed by atoms with Gasteiger partial charge in [-0.25, -0.2) is 0 Å². The lowest BCUT2D eigenvalue weighted by Crippen LogP contribution is -2.45. The lowest BCUT2D eigenvalue weighted by molar-refractivity contribution is -0.222. The van der Waals surface area contributed by atoms with E-state index in [2.05, 4.69) is 0 Å². The summed E-state index contributed by atoms with van der Waals surface area (Å²) in [6, 6.07) is 3.42. The average molecular weight is 350 g/mol. The van der Waals surface area contributed by atoms with E-state index in [0.29, 0.717) is 10.6 Å². The van der Waals surface area contributed by atoms with Gasteiger partial charge in [0.2, 0.25) is 0 Å². The van der Waals surface area contributed by atoms with Crippen LogP contribution in [0.15, 0.2) is 12.1 Å². The van der Waals surface area contributed by atoms with Crippen LogP contribution >= 0.6 is 11.6 Å². The molecule has 0 radical (unpaired) electrons. The summed E-state index contributed by atoms with van der Waals surface area (Å²) in [6.07, 6.45) is -6.71. The first-order chi connectivity index (χ1) is 10.6. The Morgan fingerprint density at radius 2 is 1.78 bits per heavy atom. The molecule has 1 aliphatic rings. The minimum absolute atomic E-state index is 0.120. The van der Waals surface area contributed by atoms with Crippen molar-refractivity contribution in [3.05, 3.63) is 33.8 Å². The summed E-state index contributed by atoms with van der Waals surface area (Å²) in [7, 11) is 0. The summed E-state index contributed by atoms with van der Waals surface area (Å²) in [5, 5.41) is 9.66. The van der Waals surface area contributed by atoms with E-state index in [9.17, 15) is 23.1 Å². The maximum atomic E-state index is 12.5. The van der Waals surface area contributed by atoms with Gasteiger partial charge in [0.05, 0.1) is 10.6 Å². The number of hydrogen-bond donors (Lipinski definition) is 1. The second kappa shape index (κ2) is 6.69. The second-order valence-corrected chi connectivity index (χ2v) is 6.44. The van der Waals surface area contributed by atoms with Crippen LogP contribution in [0.1, 0.15) is 34.3 Å². The van der Waals surface area contributed by atoms with Gasteiger partial charge in [-0.15, -0.1) is 0 Å². The van der Waals surface area contributed by atoms with E-state index in [4.69, 9.17) is 11.6 Å². The molecule has 1 aliphatic heterocycles. The smallest absolute Gasteiger partial charge is 0.383 e. The summed E-state index contributed by atoms with van der Waals surface area (Å²) in [6.45, 7) is 4.12. The Morgan fingerprint density at radius 3 is 2.30 bits per heavy atom. The zero-order chi connectivity index (χ0) is 17.4. The predicted molar refractivity (Wildman–Crippen MR) is 81.6 cm³/mol. The Morgan fingerprint density at radius 1 is 1.26 bits per heavy atom. The fraction of sp³-hybridized carbons (Fsp3) is 0.562. The van der Waals surface area contributed by atoms with E-state index >= 15 is 0 Å². The number of aliphatic hydroxyl groups is 1. The van der Waals surface area contributed by atoms with Crippen molar-refractivity contribution < 1.29 is 23.1 Å². The molecular weight excluding hydrogens is 331 g/mol. The molecule has 0 aliphatic carbocycles. The zero-order valence-corrected chi connectivity index (χ0v) is 13.7. The summed E-state index contributed by atoms with van der Waals surface area (Å²) in [5.41, 5.74) is 2.27. The molecule has 0 bridgehead atoms. The Hall–Kier alpha value is -1.27. The van der Waals surface area contributed by atoms with Crippen LogP contribution in [0.4, 0.5) is 13.2 Å². The van der Waals surface area contributed by atoms with Gasteiger partial charge in [-0.1, -0.05) is 11.6 Å². The average Bonchev–Trinajstić information content (AvgIpc) is 2.49. The van der Waals surface area contributed by atoms with Crippen LogP contribution in [0.5, 0.6) is 0 Å². The molecule has 1 aromatic carbocycles. The van der Waals surface area contributed by atoms with Crippen LogP contribution in [0.3, 0.4) is 0 Å². The van der Waals surface area contributed by atoms with Crippen LogP contribution in [-0.2, 0) is 0 Å². The van der Waals surface area contributed by atoms with Crippen LogP contribution in [-0.4, -0.2) is 41.3 Å². The largest absolute Gasteiger partial charge is 0.414 e. The second-order valence-electron chi connectivity index (χ2n) is 6.03. The maximum Gasteiger partial charge on any atom is 0.414 e. The fourth-order valence-electron chi connectivity index (χ4n) is 2.80. The SMILES string of the molecule is Cc1cc(Cl)c(C(=O)N2CCC(C(O)C(F)(F)F)CC2)cc1C. The highest BCUT2D eigenvalue weighted by molar-refractivity contribution is 6.34. The van der Waals surface area contributed by atoms with Crippen molar-refractivity contribution in [1.29, 1.82) is 0 Å². The van der Waals surface area contributed by atoms with Gasteiger partial charge < -0.3 is 10.0 Å². The normalized spacial score (nSPS) is 18.1. The van der Waals surface area contributed by atoms with Crippen molar-refractivity contribution in [1.82, 2.24) is 4.90 Å². The number of carbonyl (C=O) groups excluding carboxylic acids is 1. The molecule has 0 spiro atoms. The monoisotopic (exact) mass is 349 g/mol. The molecule has 7 heteroatoms. The molecule has 23 heavy (non-hydrogen) atoms. The molecular formula is C16H19ClF3NO2. The lowest BCUT2D eigenvalue weighted by Gasteiger charge is -2.35. The maximum absolute atomic E-state index is 12.5. The number of aryl methyl sites for hydroxylation is 2. The van der Waals surface area contributed by atoms with Gasteiger partial charge in [0.25, 0.3) is 5.91 Å². The Labute approximate surface area is 138 Å². The quantitative estimate of drug-likeness (QED) is 0.883. The minimum Gasteiger partial charge on any atom is -0.383 e. The fourth-order valence-corrected chi connectivity index (χ4v) is 3.10. The van der Waals surface area contributed by atoms with E-state index in [1.807, 2.05) is 13.8 Å². The standard InChI is InChI=1S/C16H19ClF3NO2/c1-9-7-12(13(17)8-10(9)2)15(23)21-5-3-11(4-6-21)14(22)16(18,19)20/h7-8,11,14,22H,3-6H2,1-2H3. The van der Waals surface area contributed by atoms with Crippen LogP contribution < -0.4 is 0 Å². The topological polar surface area (TPSA) is 40.5 Å². The Balaban J connectivity index is 2.06. The molecule has 1 amide bonds. The van der Waals surface area contributed by atoms with E-state index in [1.54, 1.807) is 12.1 Å². The number of alkyl halides is 3. The van der Waals surface area contributed by atoms with Gasteiger partial charge in [-0.2, -0.15) is 13.2 Å². The molecule has 0 aromatic heterocycles. The minimum atomic E-state index is -4.62. The third kappa shape index (κ3) is 3.98. The van der Waals surface area contributed by atoms with E-state index in [1.165, 1.54) is 4.90 Å². The van der Waals surface area contributed by atoms with Gasteiger partial charge in [0, 0.05) is 13.1 Å². The number of benzene rings is 1. The van der Waals surface area contributed by atoms with Crippen molar-refractivity contribution in [2.75, 3.05) is 13.1 Å². The molecule has 128 valence electrons. The molecule has 1 fully saturated rings. The number of likely N-dealkylation sites (tertiary alicyclic amines) is 1. The molecule has 1 atom stereocenters. The highest BCUT2D eigenvalue weighted by atomic mass is 35.5. The van der Waals surface area contributed by atoms with Gasteiger partial charge >= 0.3 is 6.18 Å². The first-order valence-electron chi connectivity index (χ1n) is 7.42. The number of piperidine rings is 1. The summed E-state index contributed by atoms with van der Waals surface area (Å²) >= 11 is 6.12. The number of amides is 1. The van der Waals surface area contributed by atoms with Crippen LogP contribution in [0.2, 0.25) is 5.02 Å². The van der Waals surface area contributed by atoms with Crippen LogP contribution in [0, 0.1) is 19.8 Å². The summed E-state index contributed by atoms with van der Waals surface area (Å²) in [5.74, 6) is -1.15. The first-order valence-corrected chi connectivity index (χ1v) is 7.80. The zero-order valence-electron chi connectivity index (χ0n) is 13.0. The molecule has 2 rings (SSSR count). The van der Waals surface area contributed by atoms with Crippen molar-refractivity contribution in [2.24, 2.45) is 5.92 Å². The third-order valence-electron chi connectivity index (χ3n) is 4.42. The highest BCUT2D eigenvalue weighted by Gasteiger charge is 2.44. The third-order valence-corrected chi connectivity index (χ3v) is 4.74. The summed E-state index contributed by atoms with van der Waals surface area (Å²) in [4.78, 5) is 14.0. The number of hydrogen-bond acceptors (Lipinski definition) is 2. The van der Waals surface area contributed by atoms with Crippen molar-refractivity contribution >= 4 is 17.5 Å². The molecule has 1 aromatic rings. The highest BCUT2D eigenvalue weighted by Crippen LogP contribution is 2.32. The number of nitrogens with zero attached hydrogens (tertiary/aromatic N) is 1. The van der Waals surface area contributed by atoms with Crippen molar-refractivity contribution in [3.63, 3.8) is 0 Å². The van der Waals surface area contributed by atoms with Crippen molar-refractivity contribution in [2.45, 2.75) is 39.0 Å². The number of rotatable bonds is 2.